The van der Waals surface area contributed by atoms with Crippen molar-refractivity contribution in [3.8, 4) is 0 Å². The highest BCUT2D eigenvalue weighted by Gasteiger charge is 2.19. The van der Waals surface area contributed by atoms with Crippen LogP contribution in [-0.4, -0.2) is 13.1 Å². The summed E-state index contributed by atoms with van der Waals surface area (Å²) < 4.78 is 0. The predicted molar refractivity (Wildman–Crippen MR) is 94.8 cm³/mol. The van der Waals surface area contributed by atoms with E-state index in [0.29, 0.717) is 0 Å². The van der Waals surface area contributed by atoms with E-state index in [9.17, 15) is 0 Å². The Hall–Kier alpha value is -1.80. The Morgan fingerprint density at radius 1 is 0.727 bits per heavy atom. The van der Waals surface area contributed by atoms with E-state index in [-0.39, 0.29) is 0 Å². The first-order valence-corrected chi connectivity index (χ1v) is 8.53. The Morgan fingerprint density at radius 3 is 1.86 bits per heavy atom. The molecule has 3 rings (SSSR count). The van der Waals surface area contributed by atoms with Crippen molar-refractivity contribution in [3.05, 3.63) is 59.7 Å². The molecule has 116 valence electrons. The lowest BCUT2D eigenvalue weighted by molar-refractivity contribution is 0.648. The number of benzene rings is 2. The Balaban J connectivity index is 1.82. The van der Waals surface area contributed by atoms with Gasteiger partial charge in [0.2, 0.25) is 0 Å². The largest absolute Gasteiger partial charge is 0.341 e. The van der Waals surface area contributed by atoms with E-state index in [1.54, 1.807) is 0 Å². The average Bonchev–Trinajstić information content (AvgIpc) is 2.72. The van der Waals surface area contributed by atoms with Gasteiger partial charge in [-0.05, 0) is 55.5 Å². The minimum atomic E-state index is 0.815. The molecule has 0 atom stereocenters. The molecule has 0 amide bonds. The van der Waals surface area contributed by atoms with Crippen LogP contribution in [0, 0.1) is 0 Å². The zero-order valence-corrected chi connectivity index (χ0v) is 13.3. The summed E-state index contributed by atoms with van der Waals surface area (Å²) in [5.41, 5.74) is 11.3. The lowest BCUT2D eigenvalue weighted by atomic mass is 10.0. The van der Waals surface area contributed by atoms with Gasteiger partial charge in [-0.15, -0.1) is 0 Å². The monoisotopic (exact) mass is 294 g/mol. The van der Waals surface area contributed by atoms with Gasteiger partial charge in [-0.1, -0.05) is 49.2 Å². The molecule has 2 N–H and O–H groups in total. The molecule has 0 radical (unpaired) electrons. The summed E-state index contributed by atoms with van der Waals surface area (Å²) in [6.07, 6.45) is 7.15. The van der Waals surface area contributed by atoms with E-state index >= 15 is 0 Å². The van der Waals surface area contributed by atoms with Crippen LogP contribution in [0.2, 0.25) is 0 Å². The van der Waals surface area contributed by atoms with Crippen molar-refractivity contribution in [2.75, 3.05) is 18.0 Å². The number of fused-ring (bicyclic) bond motifs is 2. The van der Waals surface area contributed by atoms with Gasteiger partial charge in [0.1, 0.15) is 0 Å². The van der Waals surface area contributed by atoms with Gasteiger partial charge in [-0.25, -0.2) is 0 Å². The number of nitrogens with zero attached hydrogens (tertiary/aromatic N) is 1. The third kappa shape index (κ3) is 3.33. The molecule has 0 saturated carbocycles. The molecule has 2 nitrogen and oxygen atoms in total. The van der Waals surface area contributed by atoms with Gasteiger partial charge >= 0.3 is 0 Å². The second kappa shape index (κ2) is 7.46. The number of aryl methyl sites for hydroxylation is 2. The third-order valence-corrected chi connectivity index (χ3v) is 4.56. The molecule has 2 aromatic carbocycles. The van der Waals surface area contributed by atoms with Gasteiger partial charge < -0.3 is 10.6 Å². The highest BCUT2D eigenvalue weighted by atomic mass is 15.1. The smallest absolute Gasteiger partial charge is 0.0443 e. The number of rotatable bonds is 6. The van der Waals surface area contributed by atoms with Crippen molar-refractivity contribution in [1.29, 1.82) is 0 Å². The molecule has 0 bridgehead atoms. The summed E-state index contributed by atoms with van der Waals surface area (Å²) in [6, 6.07) is 17.8. The summed E-state index contributed by atoms with van der Waals surface area (Å²) in [5.74, 6) is 0. The first-order chi connectivity index (χ1) is 10.9. The SMILES string of the molecule is NCCCCCCN1c2ccccc2CCc2ccccc21. The van der Waals surface area contributed by atoms with E-state index in [0.717, 1.165) is 32.4 Å². The highest BCUT2D eigenvalue weighted by Crippen LogP contribution is 2.35. The van der Waals surface area contributed by atoms with E-state index in [2.05, 4.69) is 53.4 Å². The first kappa shape index (κ1) is 15.1. The number of hydrogen-bond donors (Lipinski definition) is 1. The first-order valence-electron chi connectivity index (χ1n) is 8.53. The van der Waals surface area contributed by atoms with Crippen LogP contribution in [0.4, 0.5) is 11.4 Å². The van der Waals surface area contributed by atoms with Crippen molar-refractivity contribution in [2.24, 2.45) is 5.73 Å². The van der Waals surface area contributed by atoms with Gasteiger partial charge in [-0.3, -0.25) is 0 Å². The summed E-state index contributed by atoms with van der Waals surface area (Å²) in [6.45, 7) is 1.91. The molecule has 0 fully saturated rings. The maximum absolute atomic E-state index is 5.59. The quantitative estimate of drug-likeness (QED) is 0.798. The second-order valence-corrected chi connectivity index (χ2v) is 6.11. The van der Waals surface area contributed by atoms with Crippen molar-refractivity contribution in [3.63, 3.8) is 0 Å². The fourth-order valence-corrected chi connectivity index (χ4v) is 3.38. The standard InChI is InChI=1S/C20H26N2/c21-15-7-1-2-8-16-22-19-11-5-3-9-17(19)13-14-18-10-4-6-12-20(18)22/h3-6,9-12H,1-2,7-8,13-16,21H2. The van der Waals surface area contributed by atoms with Crippen LogP contribution in [-0.2, 0) is 12.8 Å². The summed E-state index contributed by atoms with van der Waals surface area (Å²) in [7, 11) is 0. The molecule has 1 heterocycles. The number of unbranched alkanes of at least 4 members (excludes halogenated alkanes) is 3. The van der Waals surface area contributed by atoms with Crippen LogP contribution in [0.5, 0.6) is 0 Å². The third-order valence-electron chi connectivity index (χ3n) is 4.56. The minimum absolute atomic E-state index is 0.815. The molecule has 0 aliphatic carbocycles. The predicted octanol–water partition coefficient (Wildman–Crippen LogP) is 4.44. The Bertz CT molecular complexity index is 559. The van der Waals surface area contributed by atoms with Gasteiger partial charge in [0.15, 0.2) is 0 Å². The van der Waals surface area contributed by atoms with Crippen LogP contribution in [0.3, 0.4) is 0 Å². The Morgan fingerprint density at radius 2 is 1.27 bits per heavy atom. The lowest BCUT2D eigenvalue weighted by Gasteiger charge is -2.27. The maximum atomic E-state index is 5.59. The van der Waals surface area contributed by atoms with Crippen LogP contribution in [0.15, 0.2) is 48.5 Å². The summed E-state index contributed by atoms with van der Waals surface area (Å²) in [5, 5.41) is 0. The molecule has 1 aliphatic heterocycles. The number of nitrogens with two attached hydrogens (primary N) is 1. The van der Waals surface area contributed by atoms with Gasteiger partial charge in [0, 0.05) is 17.9 Å². The Kier molecular flexibility index (Phi) is 5.12. The van der Waals surface area contributed by atoms with Crippen molar-refractivity contribution >= 4 is 11.4 Å². The number of hydrogen-bond acceptors (Lipinski definition) is 2. The molecule has 0 saturated heterocycles. The fraction of sp³-hybridized carbons (Fsp3) is 0.400. The summed E-state index contributed by atoms with van der Waals surface area (Å²) >= 11 is 0. The van der Waals surface area contributed by atoms with E-state index < -0.39 is 0 Å². The molecule has 0 spiro atoms. The van der Waals surface area contributed by atoms with Crippen molar-refractivity contribution in [2.45, 2.75) is 38.5 Å². The van der Waals surface area contributed by atoms with Crippen LogP contribution in [0.25, 0.3) is 0 Å². The molecule has 2 aromatic rings. The minimum Gasteiger partial charge on any atom is -0.341 e. The second-order valence-electron chi connectivity index (χ2n) is 6.11. The zero-order valence-electron chi connectivity index (χ0n) is 13.3. The van der Waals surface area contributed by atoms with Crippen molar-refractivity contribution < 1.29 is 0 Å². The van der Waals surface area contributed by atoms with Gasteiger partial charge in [0.05, 0.1) is 0 Å². The summed E-state index contributed by atoms with van der Waals surface area (Å²) in [4.78, 5) is 2.53. The molecular formula is C20H26N2. The van der Waals surface area contributed by atoms with Gasteiger partial charge in [-0.2, -0.15) is 0 Å². The topological polar surface area (TPSA) is 29.3 Å². The van der Waals surface area contributed by atoms with Gasteiger partial charge in [0.25, 0.3) is 0 Å². The van der Waals surface area contributed by atoms with E-state index in [4.69, 9.17) is 5.73 Å². The molecule has 2 heteroatoms. The lowest BCUT2D eigenvalue weighted by Crippen LogP contribution is -2.19. The van der Waals surface area contributed by atoms with Crippen LogP contribution < -0.4 is 10.6 Å². The normalized spacial score (nSPS) is 13.4. The molecule has 0 aromatic heterocycles. The zero-order chi connectivity index (χ0) is 15.2. The number of anilines is 2. The fourth-order valence-electron chi connectivity index (χ4n) is 3.38. The molecule has 22 heavy (non-hydrogen) atoms. The molecule has 1 aliphatic rings. The van der Waals surface area contributed by atoms with Crippen LogP contribution in [0.1, 0.15) is 36.8 Å². The average molecular weight is 294 g/mol. The molecule has 0 unspecified atom stereocenters. The highest BCUT2D eigenvalue weighted by molar-refractivity contribution is 5.71. The van der Waals surface area contributed by atoms with E-state index in [1.165, 1.54) is 41.8 Å². The van der Waals surface area contributed by atoms with Crippen LogP contribution >= 0.6 is 0 Å². The number of para-hydroxylation sites is 2. The van der Waals surface area contributed by atoms with Crippen molar-refractivity contribution in [1.82, 2.24) is 0 Å². The molecular weight excluding hydrogens is 268 g/mol. The van der Waals surface area contributed by atoms with E-state index in [1.807, 2.05) is 0 Å². The maximum Gasteiger partial charge on any atom is 0.0443 e. The Labute approximate surface area is 134 Å².